The SMILES string of the molecule is O=C(c1cc2c(s1)CCCC2)c1cc(F)c(Br)cc1F. The zero-order valence-corrected chi connectivity index (χ0v) is 12.9. The van der Waals surface area contributed by atoms with Gasteiger partial charge in [0.1, 0.15) is 11.6 Å². The van der Waals surface area contributed by atoms with Crippen molar-refractivity contribution in [3.05, 3.63) is 55.2 Å². The molecule has 1 aliphatic carbocycles. The Bertz CT molecular complexity index is 670. The summed E-state index contributed by atoms with van der Waals surface area (Å²) >= 11 is 4.31. The molecule has 20 heavy (non-hydrogen) atoms. The number of hydrogen-bond donors (Lipinski definition) is 0. The van der Waals surface area contributed by atoms with Crippen molar-refractivity contribution in [1.29, 1.82) is 0 Å². The van der Waals surface area contributed by atoms with Crippen LogP contribution in [-0.2, 0) is 12.8 Å². The van der Waals surface area contributed by atoms with E-state index in [4.69, 9.17) is 0 Å². The molecule has 5 heteroatoms. The normalized spacial score (nSPS) is 14.2. The Hall–Kier alpha value is -1.07. The van der Waals surface area contributed by atoms with Gasteiger partial charge in [0, 0.05) is 4.88 Å². The molecular formula is C15H11BrF2OS. The standard InChI is InChI=1S/C15H11BrF2OS/c16-10-7-11(17)9(6-12(10)18)15(19)14-5-8-3-1-2-4-13(8)20-14/h5-7H,1-4H2. The molecular weight excluding hydrogens is 346 g/mol. The van der Waals surface area contributed by atoms with E-state index in [1.165, 1.54) is 21.8 Å². The molecule has 0 N–H and O–H groups in total. The lowest BCUT2D eigenvalue weighted by Gasteiger charge is -2.08. The summed E-state index contributed by atoms with van der Waals surface area (Å²) in [5.41, 5.74) is 0.979. The van der Waals surface area contributed by atoms with Crippen molar-refractivity contribution in [2.45, 2.75) is 25.7 Å². The number of hydrogen-bond acceptors (Lipinski definition) is 2. The number of aryl methyl sites for hydroxylation is 2. The quantitative estimate of drug-likeness (QED) is 0.552. The molecule has 2 aromatic rings. The fourth-order valence-electron chi connectivity index (χ4n) is 2.43. The van der Waals surface area contributed by atoms with Crippen molar-refractivity contribution in [3.63, 3.8) is 0 Å². The van der Waals surface area contributed by atoms with Gasteiger partial charge in [-0.05, 0) is 65.4 Å². The smallest absolute Gasteiger partial charge is 0.206 e. The van der Waals surface area contributed by atoms with Gasteiger partial charge in [-0.15, -0.1) is 11.3 Å². The van der Waals surface area contributed by atoms with E-state index >= 15 is 0 Å². The minimum atomic E-state index is -0.699. The van der Waals surface area contributed by atoms with Gasteiger partial charge in [-0.2, -0.15) is 0 Å². The van der Waals surface area contributed by atoms with Gasteiger partial charge in [0.2, 0.25) is 5.78 Å². The van der Waals surface area contributed by atoms with Gasteiger partial charge < -0.3 is 0 Å². The minimum absolute atomic E-state index is 0.0250. The molecule has 0 radical (unpaired) electrons. The highest BCUT2D eigenvalue weighted by molar-refractivity contribution is 9.10. The number of benzene rings is 1. The fraction of sp³-hybridized carbons (Fsp3) is 0.267. The molecule has 3 rings (SSSR count). The van der Waals surface area contributed by atoms with Crippen LogP contribution in [0.1, 0.15) is 38.5 Å². The van der Waals surface area contributed by atoms with Crippen LogP contribution in [0.4, 0.5) is 8.78 Å². The van der Waals surface area contributed by atoms with Crippen molar-refractivity contribution < 1.29 is 13.6 Å². The highest BCUT2D eigenvalue weighted by Gasteiger charge is 2.21. The van der Waals surface area contributed by atoms with Gasteiger partial charge in [-0.25, -0.2) is 8.78 Å². The minimum Gasteiger partial charge on any atom is -0.288 e. The summed E-state index contributed by atoms with van der Waals surface area (Å²) in [5.74, 6) is -1.76. The van der Waals surface area contributed by atoms with Crippen LogP contribution in [0.5, 0.6) is 0 Å². The molecule has 1 aromatic heterocycles. The van der Waals surface area contributed by atoms with Crippen LogP contribution in [-0.4, -0.2) is 5.78 Å². The maximum Gasteiger partial charge on any atom is 0.206 e. The number of carbonyl (C=O) groups excluding carboxylic acids is 1. The number of fused-ring (bicyclic) bond motifs is 1. The van der Waals surface area contributed by atoms with Crippen molar-refractivity contribution in [2.24, 2.45) is 0 Å². The van der Waals surface area contributed by atoms with E-state index in [9.17, 15) is 13.6 Å². The van der Waals surface area contributed by atoms with Gasteiger partial charge >= 0.3 is 0 Å². The maximum atomic E-state index is 13.8. The lowest BCUT2D eigenvalue weighted by molar-refractivity contribution is 0.103. The second kappa shape index (κ2) is 5.37. The summed E-state index contributed by atoms with van der Waals surface area (Å²) in [4.78, 5) is 14.0. The van der Waals surface area contributed by atoms with E-state index < -0.39 is 17.4 Å². The largest absolute Gasteiger partial charge is 0.288 e. The Labute approximate surface area is 127 Å². The molecule has 1 nitrogen and oxygen atoms in total. The summed E-state index contributed by atoms with van der Waals surface area (Å²) in [6, 6.07) is 3.79. The number of carbonyl (C=O) groups is 1. The molecule has 104 valence electrons. The van der Waals surface area contributed by atoms with Crippen molar-refractivity contribution in [2.75, 3.05) is 0 Å². The number of ketones is 1. The summed E-state index contributed by atoms with van der Waals surface area (Å²) in [6.45, 7) is 0. The Morgan fingerprint density at radius 3 is 2.60 bits per heavy atom. The molecule has 1 heterocycles. The third-order valence-corrected chi connectivity index (χ3v) is 5.32. The molecule has 0 fully saturated rings. The van der Waals surface area contributed by atoms with Crippen LogP contribution in [0.2, 0.25) is 0 Å². The lowest BCUT2D eigenvalue weighted by atomic mass is 9.98. The van der Waals surface area contributed by atoms with Crippen LogP contribution in [0.3, 0.4) is 0 Å². The van der Waals surface area contributed by atoms with E-state index in [1.54, 1.807) is 0 Å². The zero-order chi connectivity index (χ0) is 14.3. The fourth-order valence-corrected chi connectivity index (χ4v) is 3.96. The third kappa shape index (κ3) is 2.44. The Morgan fingerprint density at radius 1 is 1.10 bits per heavy atom. The van der Waals surface area contributed by atoms with E-state index in [1.807, 2.05) is 6.07 Å². The summed E-state index contributed by atoms with van der Waals surface area (Å²) < 4.78 is 27.4. The van der Waals surface area contributed by atoms with Gasteiger partial charge in [0.15, 0.2) is 0 Å². The zero-order valence-electron chi connectivity index (χ0n) is 10.5. The molecule has 0 bridgehead atoms. The predicted octanol–water partition coefficient (Wildman–Crippen LogP) is 4.90. The first-order valence-corrected chi connectivity index (χ1v) is 7.98. The van der Waals surface area contributed by atoms with Crippen molar-refractivity contribution in [3.8, 4) is 0 Å². The van der Waals surface area contributed by atoms with Crippen LogP contribution in [0.15, 0.2) is 22.7 Å². The highest BCUT2D eigenvalue weighted by atomic mass is 79.9. The molecule has 0 saturated heterocycles. The summed E-state index contributed by atoms with van der Waals surface area (Å²) in [5, 5.41) is 0. The van der Waals surface area contributed by atoms with Gasteiger partial charge in [0.25, 0.3) is 0 Å². The van der Waals surface area contributed by atoms with Crippen LogP contribution in [0.25, 0.3) is 0 Å². The molecule has 1 aromatic carbocycles. The van der Waals surface area contributed by atoms with Crippen LogP contribution < -0.4 is 0 Å². The highest BCUT2D eigenvalue weighted by Crippen LogP contribution is 2.32. The first kappa shape index (κ1) is 13.9. The Balaban J connectivity index is 2.00. The first-order chi connectivity index (χ1) is 9.56. The average molecular weight is 357 g/mol. The lowest BCUT2D eigenvalue weighted by Crippen LogP contribution is -2.03. The second-order valence-electron chi connectivity index (χ2n) is 4.84. The third-order valence-electron chi connectivity index (χ3n) is 3.47. The monoisotopic (exact) mass is 356 g/mol. The summed E-state index contributed by atoms with van der Waals surface area (Å²) in [6.07, 6.45) is 4.20. The average Bonchev–Trinajstić information content (AvgIpc) is 2.86. The summed E-state index contributed by atoms with van der Waals surface area (Å²) in [7, 11) is 0. The van der Waals surface area contributed by atoms with E-state index in [0.29, 0.717) is 4.88 Å². The van der Waals surface area contributed by atoms with Gasteiger partial charge in [0.05, 0.1) is 14.9 Å². The predicted molar refractivity (Wildman–Crippen MR) is 78.5 cm³/mol. The van der Waals surface area contributed by atoms with Gasteiger partial charge in [-0.1, -0.05) is 0 Å². The van der Waals surface area contributed by atoms with Crippen LogP contribution in [0, 0.1) is 11.6 Å². The molecule has 0 amide bonds. The number of halogens is 3. The van der Waals surface area contributed by atoms with Gasteiger partial charge in [-0.3, -0.25) is 4.79 Å². The first-order valence-electron chi connectivity index (χ1n) is 6.37. The number of rotatable bonds is 2. The molecule has 0 unspecified atom stereocenters. The topological polar surface area (TPSA) is 17.1 Å². The molecule has 0 aliphatic heterocycles. The van der Waals surface area contributed by atoms with E-state index in [0.717, 1.165) is 37.8 Å². The van der Waals surface area contributed by atoms with E-state index in [2.05, 4.69) is 15.9 Å². The molecule has 1 aliphatic rings. The molecule has 0 spiro atoms. The maximum absolute atomic E-state index is 13.8. The number of thiophene rings is 1. The van der Waals surface area contributed by atoms with Crippen molar-refractivity contribution >= 4 is 33.0 Å². The second-order valence-corrected chi connectivity index (χ2v) is 6.83. The van der Waals surface area contributed by atoms with Crippen molar-refractivity contribution in [1.82, 2.24) is 0 Å². The Kier molecular flexibility index (Phi) is 3.73. The van der Waals surface area contributed by atoms with E-state index in [-0.39, 0.29) is 10.0 Å². The Morgan fingerprint density at radius 2 is 1.85 bits per heavy atom. The molecule has 0 atom stereocenters. The molecule has 0 saturated carbocycles. The van der Waals surface area contributed by atoms with Crippen LogP contribution >= 0.6 is 27.3 Å².